The van der Waals surface area contributed by atoms with Crippen LogP contribution in [0.3, 0.4) is 0 Å². The number of fused-ring (bicyclic) bond motifs is 1. The van der Waals surface area contributed by atoms with E-state index in [1.165, 1.54) is 4.90 Å². The maximum absolute atomic E-state index is 13.7. The standard InChI is InChI=1S/C26H26ClN3O3/c1-30(2)24(31)22(15-17-9-5-4-6-10-17)29-26(19-11-7-8-12-23(19)33-3)20-16-18(27)13-14-21(20)28-25(26)32/h4-14,16,22,29H,15H2,1-3H3,(H,28,32)/t22-,26?/m0/s1. The third kappa shape index (κ3) is 4.19. The average molecular weight is 464 g/mol. The molecule has 1 aliphatic heterocycles. The van der Waals surface area contributed by atoms with Crippen LogP contribution in [0, 0.1) is 0 Å². The molecule has 0 aliphatic carbocycles. The lowest BCUT2D eigenvalue weighted by atomic mass is 9.81. The van der Waals surface area contributed by atoms with Crippen molar-refractivity contribution < 1.29 is 14.3 Å². The van der Waals surface area contributed by atoms with Crippen LogP contribution in [-0.4, -0.2) is 44.0 Å². The zero-order chi connectivity index (χ0) is 23.6. The number of amides is 2. The summed E-state index contributed by atoms with van der Waals surface area (Å²) in [4.78, 5) is 28.6. The van der Waals surface area contributed by atoms with Gasteiger partial charge in [-0.05, 0) is 36.2 Å². The van der Waals surface area contributed by atoms with Gasteiger partial charge in [0.05, 0.1) is 13.2 Å². The topological polar surface area (TPSA) is 70.7 Å². The number of nitrogens with one attached hydrogen (secondary N) is 2. The van der Waals surface area contributed by atoms with Crippen LogP contribution in [0.4, 0.5) is 5.69 Å². The number of methoxy groups -OCH3 is 1. The van der Waals surface area contributed by atoms with Crippen LogP contribution in [0.15, 0.2) is 72.8 Å². The summed E-state index contributed by atoms with van der Waals surface area (Å²) < 4.78 is 5.64. The zero-order valence-corrected chi connectivity index (χ0v) is 19.5. The molecule has 2 atom stereocenters. The minimum Gasteiger partial charge on any atom is -0.496 e. The molecule has 4 rings (SSSR count). The largest absolute Gasteiger partial charge is 0.496 e. The number of rotatable bonds is 7. The van der Waals surface area contributed by atoms with Crippen LogP contribution >= 0.6 is 11.6 Å². The Morgan fingerprint density at radius 2 is 1.76 bits per heavy atom. The smallest absolute Gasteiger partial charge is 0.254 e. The fourth-order valence-electron chi connectivity index (χ4n) is 4.34. The molecule has 6 nitrogen and oxygen atoms in total. The minimum absolute atomic E-state index is 0.142. The summed E-state index contributed by atoms with van der Waals surface area (Å²) in [6.45, 7) is 0. The van der Waals surface area contributed by atoms with E-state index in [0.717, 1.165) is 5.56 Å². The number of likely N-dealkylation sites (N-methyl/N-ethyl adjacent to an activating group) is 1. The second-order valence-corrected chi connectivity index (χ2v) is 8.65. The predicted molar refractivity (Wildman–Crippen MR) is 130 cm³/mol. The zero-order valence-electron chi connectivity index (χ0n) is 18.8. The van der Waals surface area contributed by atoms with E-state index in [2.05, 4.69) is 10.6 Å². The van der Waals surface area contributed by atoms with Gasteiger partial charge in [-0.2, -0.15) is 0 Å². The number of nitrogens with zero attached hydrogens (tertiary/aromatic N) is 1. The van der Waals surface area contributed by atoms with Gasteiger partial charge in [-0.3, -0.25) is 14.9 Å². The number of hydrogen-bond donors (Lipinski definition) is 2. The summed E-state index contributed by atoms with van der Waals surface area (Å²) in [6, 6.07) is 21.6. The summed E-state index contributed by atoms with van der Waals surface area (Å²) in [7, 11) is 4.97. The van der Waals surface area contributed by atoms with Gasteiger partial charge in [0.15, 0.2) is 5.54 Å². The van der Waals surface area contributed by atoms with Crippen molar-refractivity contribution in [3.8, 4) is 5.75 Å². The third-order valence-electron chi connectivity index (χ3n) is 5.90. The molecule has 0 saturated carbocycles. The molecule has 7 heteroatoms. The Morgan fingerprint density at radius 1 is 1.06 bits per heavy atom. The molecule has 0 saturated heterocycles. The highest BCUT2D eigenvalue weighted by atomic mass is 35.5. The van der Waals surface area contributed by atoms with Crippen molar-refractivity contribution in [2.45, 2.75) is 18.0 Å². The summed E-state index contributed by atoms with van der Waals surface area (Å²) in [5, 5.41) is 6.89. The number of para-hydroxylation sites is 1. The van der Waals surface area contributed by atoms with Crippen LogP contribution in [-0.2, 0) is 21.5 Å². The summed E-state index contributed by atoms with van der Waals surface area (Å²) >= 11 is 6.37. The summed E-state index contributed by atoms with van der Waals surface area (Å²) in [5.41, 5.74) is 1.49. The average Bonchev–Trinajstić information content (AvgIpc) is 3.09. The summed E-state index contributed by atoms with van der Waals surface area (Å²) in [6.07, 6.45) is 0.401. The normalized spacial score (nSPS) is 17.8. The van der Waals surface area contributed by atoms with Gasteiger partial charge in [-0.25, -0.2) is 0 Å². The molecule has 1 unspecified atom stereocenters. The Morgan fingerprint density at radius 3 is 2.45 bits per heavy atom. The van der Waals surface area contributed by atoms with Crippen LogP contribution in [0.5, 0.6) is 5.75 Å². The van der Waals surface area contributed by atoms with Gasteiger partial charge in [0.2, 0.25) is 5.91 Å². The molecule has 0 fully saturated rings. The van der Waals surface area contributed by atoms with Crippen molar-refractivity contribution in [3.63, 3.8) is 0 Å². The van der Waals surface area contributed by atoms with Gasteiger partial charge in [-0.1, -0.05) is 60.1 Å². The van der Waals surface area contributed by atoms with Gasteiger partial charge >= 0.3 is 0 Å². The van der Waals surface area contributed by atoms with Crippen LogP contribution in [0.1, 0.15) is 16.7 Å². The Hall–Kier alpha value is -3.35. The van der Waals surface area contributed by atoms with Crippen molar-refractivity contribution in [2.75, 3.05) is 26.5 Å². The highest BCUT2D eigenvalue weighted by Gasteiger charge is 2.52. The van der Waals surface area contributed by atoms with E-state index >= 15 is 0 Å². The van der Waals surface area contributed by atoms with Crippen LogP contribution in [0.2, 0.25) is 5.02 Å². The quantitative estimate of drug-likeness (QED) is 0.558. The Balaban J connectivity index is 1.91. The molecule has 3 aromatic rings. The van der Waals surface area contributed by atoms with Gasteiger partial charge in [0.25, 0.3) is 5.91 Å². The van der Waals surface area contributed by atoms with Crippen LogP contribution < -0.4 is 15.4 Å². The predicted octanol–water partition coefficient (Wildman–Crippen LogP) is 3.83. The van der Waals surface area contributed by atoms with E-state index in [0.29, 0.717) is 34.0 Å². The molecule has 170 valence electrons. The minimum atomic E-state index is -1.38. The molecule has 0 aromatic heterocycles. The van der Waals surface area contributed by atoms with Crippen molar-refractivity contribution in [1.29, 1.82) is 0 Å². The number of halogens is 1. The second-order valence-electron chi connectivity index (χ2n) is 8.21. The molecular weight excluding hydrogens is 438 g/mol. The van der Waals surface area contributed by atoms with E-state index in [-0.39, 0.29) is 11.8 Å². The van der Waals surface area contributed by atoms with Crippen molar-refractivity contribution in [2.24, 2.45) is 0 Å². The molecule has 0 spiro atoms. The lowest BCUT2D eigenvalue weighted by Gasteiger charge is -2.35. The molecule has 1 aliphatic rings. The Labute approximate surface area is 198 Å². The van der Waals surface area contributed by atoms with Crippen molar-refractivity contribution in [1.82, 2.24) is 10.2 Å². The lowest BCUT2D eigenvalue weighted by molar-refractivity contribution is -0.132. The molecule has 0 bridgehead atoms. The van der Waals surface area contributed by atoms with E-state index in [1.54, 1.807) is 45.5 Å². The first kappa shape index (κ1) is 22.8. The SMILES string of the molecule is COc1ccccc1C1(N[C@@H](Cc2ccccc2)C(=O)N(C)C)C(=O)Nc2ccc(Cl)cc21. The molecule has 3 aromatic carbocycles. The fraction of sp³-hybridized carbons (Fsp3) is 0.231. The van der Waals surface area contributed by atoms with E-state index in [4.69, 9.17) is 16.3 Å². The van der Waals surface area contributed by atoms with Gasteiger partial charge in [-0.15, -0.1) is 0 Å². The van der Waals surface area contributed by atoms with Gasteiger partial charge in [0.1, 0.15) is 5.75 Å². The maximum Gasteiger partial charge on any atom is 0.254 e. The number of carbonyl (C=O) groups is 2. The number of carbonyl (C=O) groups excluding carboxylic acids is 2. The van der Waals surface area contributed by atoms with Crippen LogP contribution in [0.25, 0.3) is 0 Å². The highest BCUT2D eigenvalue weighted by molar-refractivity contribution is 6.31. The first-order chi connectivity index (χ1) is 15.9. The Kier molecular flexibility index (Phi) is 6.40. The number of anilines is 1. The van der Waals surface area contributed by atoms with E-state index in [1.807, 2.05) is 48.5 Å². The lowest BCUT2D eigenvalue weighted by Crippen LogP contribution is -2.58. The van der Waals surface area contributed by atoms with E-state index < -0.39 is 11.6 Å². The third-order valence-corrected chi connectivity index (χ3v) is 6.13. The number of ether oxygens (including phenoxy) is 1. The van der Waals surface area contributed by atoms with E-state index in [9.17, 15) is 9.59 Å². The molecular formula is C26H26ClN3O3. The fourth-order valence-corrected chi connectivity index (χ4v) is 4.51. The first-order valence-corrected chi connectivity index (χ1v) is 11.0. The highest BCUT2D eigenvalue weighted by Crippen LogP contribution is 2.45. The van der Waals surface area contributed by atoms with Gasteiger partial charge in [0, 0.05) is 35.9 Å². The molecule has 1 heterocycles. The molecule has 2 amide bonds. The molecule has 0 radical (unpaired) electrons. The first-order valence-electron chi connectivity index (χ1n) is 10.6. The van der Waals surface area contributed by atoms with Crippen molar-refractivity contribution in [3.05, 3.63) is 94.5 Å². The summed E-state index contributed by atoms with van der Waals surface area (Å²) in [5.74, 6) is 0.0917. The number of hydrogen-bond acceptors (Lipinski definition) is 4. The monoisotopic (exact) mass is 463 g/mol. The number of benzene rings is 3. The van der Waals surface area contributed by atoms with Crippen molar-refractivity contribution >= 4 is 29.1 Å². The Bertz CT molecular complexity index is 1180. The second kappa shape index (κ2) is 9.25. The molecule has 2 N–H and O–H groups in total. The molecule has 33 heavy (non-hydrogen) atoms. The maximum atomic E-state index is 13.7. The van der Waals surface area contributed by atoms with Gasteiger partial charge < -0.3 is 15.0 Å².